The molecule has 0 unspecified atom stereocenters. The molecule has 1 rings (SSSR count). The first-order chi connectivity index (χ1) is 9.08. The van der Waals surface area contributed by atoms with Crippen molar-refractivity contribution in [2.24, 2.45) is 11.5 Å². The average Bonchev–Trinajstić information content (AvgIpc) is 2.82. The normalized spacial score (nSPS) is 10.4. The first-order valence-electron chi connectivity index (χ1n) is 6.38. The molecule has 0 aliphatic carbocycles. The Morgan fingerprint density at radius 1 is 1.47 bits per heavy atom. The number of amides is 2. The third-order valence-corrected chi connectivity index (χ3v) is 2.66. The van der Waals surface area contributed by atoms with Crippen LogP contribution in [0.15, 0.2) is 12.5 Å². The number of nitrogens with zero attached hydrogens (tertiary/aromatic N) is 3. The minimum atomic E-state index is -0.522. The van der Waals surface area contributed by atoms with E-state index < -0.39 is 5.91 Å². The van der Waals surface area contributed by atoms with E-state index in [1.54, 1.807) is 17.1 Å². The van der Waals surface area contributed by atoms with Gasteiger partial charge in [-0.3, -0.25) is 9.59 Å². The first kappa shape index (κ1) is 15.2. The molecular weight excluding hydrogens is 246 g/mol. The summed E-state index contributed by atoms with van der Waals surface area (Å²) in [6, 6.07) is 0. The first-order valence-corrected chi connectivity index (χ1v) is 6.38. The Hall–Kier alpha value is -1.89. The highest BCUT2D eigenvalue weighted by molar-refractivity contribution is 5.94. The lowest BCUT2D eigenvalue weighted by atomic mass is 10.3. The largest absolute Gasteiger partial charge is 0.368 e. The molecule has 1 aromatic rings. The monoisotopic (exact) mass is 267 g/mol. The molecule has 0 radical (unpaired) electrons. The van der Waals surface area contributed by atoms with Crippen LogP contribution in [0.3, 0.4) is 0 Å². The number of hydrogen-bond acceptors (Lipinski definition) is 4. The number of carbonyl (C=O) groups is 2. The molecule has 0 aliphatic heterocycles. The molecular formula is C12H21N5O2. The number of rotatable bonds is 8. The van der Waals surface area contributed by atoms with Crippen molar-refractivity contribution in [3.63, 3.8) is 0 Å². The Morgan fingerprint density at radius 2 is 2.21 bits per heavy atom. The van der Waals surface area contributed by atoms with Gasteiger partial charge < -0.3 is 20.9 Å². The highest BCUT2D eigenvalue weighted by atomic mass is 16.2. The molecule has 7 nitrogen and oxygen atoms in total. The molecule has 0 spiro atoms. The number of unbranched alkanes of at least 4 members (excludes halogenated alkanes) is 1. The third kappa shape index (κ3) is 4.70. The highest BCUT2D eigenvalue weighted by Gasteiger charge is 2.19. The number of hydrogen-bond donors (Lipinski definition) is 2. The Kier molecular flexibility index (Phi) is 6.01. The van der Waals surface area contributed by atoms with Crippen molar-refractivity contribution in [1.29, 1.82) is 0 Å². The van der Waals surface area contributed by atoms with Gasteiger partial charge in [0.2, 0.25) is 5.91 Å². The number of nitrogens with two attached hydrogens (primary N) is 2. The molecule has 1 aromatic heterocycles. The molecule has 0 saturated carbocycles. The fourth-order valence-corrected chi connectivity index (χ4v) is 1.69. The van der Waals surface area contributed by atoms with Gasteiger partial charge in [-0.2, -0.15) is 0 Å². The smallest absolute Gasteiger partial charge is 0.274 e. The molecule has 7 heteroatoms. The lowest BCUT2D eigenvalue weighted by Crippen LogP contribution is -2.39. The van der Waals surface area contributed by atoms with Gasteiger partial charge in [-0.1, -0.05) is 13.3 Å². The number of aromatic nitrogens is 2. The van der Waals surface area contributed by atoms with Crippen LogP contribution in [0.2, 0.25) is 0 Å². The van der Waals surface area contributed by atoms with Crippen LogP contribution in [-0.2, 0) is 11.3 Å². The van der Waals surface area contributed by atoms with Crippen molar-refractivity contribution in [2.75, 3.05) is 19.6 Å². The van der Waals surface area contributed by atoms with Crippen molar-refractivity contribution in [3.8, 4) is 0 Å². The maximum atomic E-state index is 12.2. The van der Waals surface area contributed by atoms with Gasteiger partial charge in [-0.25, -0.2) is 4.98 Å². The van der Waals surface area contributed by atoms with E-state index in [4.69, 9.17) is 11.5 Å². The summed E-state index contributed by atoms with van der Waals surface area (Å²) < 4.78 is 1.75. The van der Waals surface area contributed by atoms with Crippen molar-refractivity contribution < 1.29 is 9.59 Å². The van der Waals surface area contributed by atoms with E-state index in [-0.39, 0.29) is 12.5 Å². The summed E-state index contributed by atoms with van der Waals surface area (Å²) in [4.78, 5) is 28.7. The Morgan fingerprint density at radius 3 is 2.79 bits per heavy atom. The van der Waals surface area contributed by atoms with Gasteiger partial charge in [0.25, 0.3) is 5.91 Å². The van der Waals surface area contributed by atoms with Crippen LogP contribution in [0, 0.1) is 0 Å². The number of imidazole rings is 1. The van der Waals surface area contributed by atoms with Crippen molar-refractivity contribution in [3.05, 3.63) is 18.2 Å². The Labute approximate surface area is 112 Å². The van der Waals surface area contributed by atoms with Gasteiger partial charge in [0.05, 0.1) is 12.9 Å². The molecule has 0 bridgehead atoms. The maximum Gasteiger partial charge on any atom is 0.274 e. The van der Waals surface area contributed by atoms with E-state index in [1.165, 1.54) is 4.90 Å². The summed E-state index contributed by atoms with van der Waals surface area (Å²) in [5, 5.41) is 0. The lowest BCUT2D eigenvalue weighted by molar-refractivity contribution is -0.118. The molecule has 0 aromatic carbocycles. The van der Waals surface area contributed by atoms with Crippen LogP contribution < -0.4 is 11.5 Å². The fourth-order valence-electron chi connectivity index (χ4n) is 1.69. The third-order valence-electron chi connectivity index (χ3n) is 2.66. The van der Waals surface area contributed by atoms with E-state index in [1.807, 2.05) is 6.92 Å². The van der Waals surface area contributed by atoms with Crippen LogP contribution in [0.4, 0.5) is 0 Å². The van der Waals surface area contributed by atoms with Crippen molar-refractivity contribution >= 4 is 11.8 Å². The molecule has 1 heterocycles. The molecule has 0 atom stereocenters. The molecule has 106 valence electrons. The molecule has 0 fully saturated rings. The van der Waals surface area contributed by atoms with Crippen LogP contribution in [-0.4, -0.2) is 45.9 Å². The average molecular weight is 267 g/mol. The summed E-state index contributed by atoms with van der Waals surface area (Å²) in [7, 11) is 0. The zero-order chi connectivity index (χ0) is 14.3. The zero-order valence-electron chi connectivity index (χ0n) is 11.2. The second-order valence-electron chi connectivity index (χ2n) is 4.33. The Bertz CT molecular complexity index is 430. The van der Waals surface area contributed by atoms with Crippen LogP contribution in [0.5, 0.6) is 0 Å². The van der Waals surface area contributed by atoms with Crippen LogP contribution >= 0.6 is 0 Å². The standard InChI is InChI=1S/C12H21N5O2/c1-2-3-5-17(8-11(14)18)12(19)10-7-16(6-4-13)9-15-10/h7,9H,2-6,8,13H2,1H3,(H2,14,18). The minimum Gasteiger partial charge on any atom is -0.368 e. The summed E-state index contributed by atoms with van der Waals surface area (Å²) in [5.41, 5.74) is 10.9. The molecule has 2 amide bonds. The van der Waals surface area contributed by atoms with E-state index in [2.05, 4.69) is 4.98 Å². The van der Waals surface area contributed by atoms with E-state index in [0.29, 0.717) is 25.3 Å². The van der Waals surface area contributed by atoms with Gasteiger partial charge in [0.1, 0.15) is 5.69 Å². The molecule has 0 saturated heterocycles. The van der Waals surface area contributed by atoms with Gasteiger partial charge >= 0.3 is 0 Å². The van der Waals surface area contributed by atoms with Crippen LogP contribution in [0.25, 0.3) is 0 Å². The van der Waals surface area contributed by atoms with Gasteiger partial charge in [-0.05, 0) is 6.42 Å². The highest BCUT2D eigenvalue weighted by Crippen LogP contribution is 2.04. The maximum absolute atomic E-state index is 12.2. The summed E-state index contributed by atoms with van der Waals surface area (Å²) in [6.07, 6.45) is 4.95. The summed E-state index contributed by atoms with van der Waals surface area (Å²) >= 11 is 0. The number of primary amides is 1. The quantitative estimate of drug-likeness (QED) is 0.666. The second kappa shape index (κ2) is 7.52. The second-order valence-corrected chi connectivity index (χ2v) is 4.33. The van der Waals surface area contributed by atoms with Gasteiger partial charge in [0.15, 0.2) is 0 Å². The van der Waals surface area contributed by atoms with Crippen molar-refractivity contribution in [2.45, 2.75) is 26.3 Å². The van der Waals surface area contributed by atoms with E-state index in [0.717, 1.165) is 12.8 Å². The zero-order valence-corrected chi connectivity index (χ0v) is 11.2. The van der Waals surface area contributed by atoms with Gasteiger partial charge in [-0.15, -0.1) is 0 Å². The Balaban J connectivity index is 2.75. The van der Waals surface area contributed by atoms with Crippen molar-refractivity contribution in [1.82, 2.24) is 14.5 Å². The number of carbonyl (C=O) groups excluding carboxylic acids is 2. The van der Waals surface area contributed by atoms with E-state index in [9.17, 15) is 9.59 Å². The minimum absolute atomic E-state index is 0.0808. The molecule has 0 aliphatic rings. The predicted molar refractivity (Wildman–Crippen MR) is 71.3 cm³/mol. The fraction of sp³-hybridized carbons (Fsp3) is 0.583. The topological polar surface area (TPSA) is 107 Å². The SMILES string of the molecule is CCCCN(CC(N)=O)C(=O)c1cn(CCN)cn1. The summed E-state index contributed by atoms with van der Waals surface area (Å²) in [6.45, 7) is 3.52. The van der Waals surface area contributed by atoms with Gasteiger partial charge in [0, 0.05) is 25.8 Å². The summed E-state index contributed by atoms with van der Waals surface area (Å²) in [5.74, 6) is -0.797. The molecule has 4 N–H and O–H groups in total. The lowest BCUT2D eigenvalue weighted by Gasteiger charge is -2.19. The predicted octanol–water partition coefficient (Wildman–Crippen LogP) is -0.431. The van der Waals surface area contributed by atoms with E-state index >= 15 is 0 Å². The van der Waals surface area contributed by atoms with Crippen LogP contribution in [0.1, 0.15) is 30.3 Å². The molecule has 19 heavy (non-hydrogen) atoms.